The second kappa shape index (κ2) is 7.98. The summed E-state index contributed by atoms with van der Waals surface area (Å²) >= 11 is 9.22. The van der Waals surface area contributed by atoms with Crippen LogP contribution in [0.2, 0.25) is 5.02 Å². The molecule has 1 aliphatic carbocycles. The average Bonchev–Trinajstić information content (AvgIpc) is 3.26. The summed E-state index contributed by atoms with van der Waals surface area (Å²) in [6.07, 6.45) is 5.81. The zero-order chi connectivity index (χ0) is 17.9. The van der Waals surface area contributed by atoms with Crippen molar-refractivity contribution in [3.8, 4) is 10.8 Å². The van der Waals surface area contributed by atoms with Gasteiger partial charge in [-0.2, -0.15) is 0 Å². The summed E-state index contributed by atoms with van der Waals surface area (Å²) in [5.74, 6) is 0.686. The number of thiophene rings is 1. The molecule has 0 atom stereocenters. The van der Waals surface area contributed by atoms with E-state index in [1.54, 1.807) is 0 Å². The van der Waals surface area contributed by atoms with Crippen molar-refractivity contribution in [2.45, 2.75) is 43.4 Å². The molecule has 2 heterocycles. The van der Waals surface area contributed by atoms with Crippen LogP contribution in [0.1, 0.15) is 32.1 Å². The van der Waals surface area contributed by atoms with E-state index in [0.29, 0.717) is 22.2 Å². The molecule has 0 radical (unpaired) electrons. The van der Waals surface area contributed by atoms with Gasteiger partial charge in [0.25, 0.3) is 11.1 Å². The molecule has 1 amide bonds. The minimum absolute atomic E-state index is 0.0153. The third-order valence-electron chi connectivity index (χ3n) is 4.43. The zero-order valence-electron chi connectivity index (χ0n) is 14.0. The first-order valence-electron chi connectivity index (χ1n) is 8.64. The largest absolute Gasteiger partial charge is 0.410 e. The Balaban J connectivity index is 1.39. The fourth-order valence-electron chi connectivity index (χ4n) is 3.15. The van der Waals surface area contributed by atoms with Crippen molar-refractivity contribution in [2.75, 3.05) is 5.75 Å². The van der Waals surface area contributed by atoms with Gasteiger partial charge >= 0.3 is 0 Å². The molecule has 136 valence electrons. The normalized spacial score (nSPS) is 15.4. The second-order valence-corrected chi connectivity index (χ2v) is 8.66. The first kappa shape index (κ1) is 17.8. The highest BCUT2D eigenvalue weighted by Crippen LogP contribution is 2.41. The molecule has 5 nitrogen and oxygen atoms in total. The van der Waals surface area contributed by atoms with E-state index in [1.165, 1.54) is 42.4 Å². The zero-order valence-corrected chi connectivity index (χ0v) is 16.4. The van der Waals surface area contributed by atoms with Crippen molar-refractivity contribution in [3.63, 3.8) is 0 Å². The molecule has 4 rings (SSSR count). The number of hydrogen-bond donors (Lipinski definition) is 1. The molecule has 0 bridgehead atoms. The van der Waals surface area contributed by atoms with E-state index in [2.05, 4.69) is 15.5 Å². The number of carbonyl (C=O) groups is 1. The van der Waals surface area contributed by atoms with Crippen LogP contribution in [0.3, 0.4) is 0 Å². The minimum atomic E-state index is 0.0153. The van der Waals surface area contributed by atoms with Crippen LogP contribution in [0.4, 0.5) is 0 Å². The summed E-state index contributed by atoms with van der Waals surface area (Å²) in [6.45, 7) is 0. The highest BCUT2D eigenvalue weighted by molar-refractivity contribution is 7.99. The number of nitrogens with one attached hydrogen (secondary N) is 1. The molecular formula is C18H18ClN3O2S2. The summed E-state index contributed by atoms with van der Waals surface area (Å²) in [5.41, 5.74) is 0. The van der Waals surface area contributed by atoms with Crippen molar-refractivity contribution < 1.29 is 9.21 Å². The van der Waals surface area contributed by atoms with Crippen LogP contribution in [0.5, 0.6) is 0 Å². The number of hydrogen-bond acceptors (Lipinski definition) is 6. The van der Waals surface area contributed by atoms with Crippen molar-refractivity contribution in [3.05, 3.63) is 29.3 Å². The Morgan fingerprint density at radius 3 is 2.88 bits per heavy atom. The van der Waals surface area contributed by atoms with Gasteiger partial charge in [0.15, 0.2) is 0 Å². The summed E-state index contributed by atoms with van der Waals surface area (Å²) in [7, 11) is 0. The predicted octanol–water partition coefficient (Wildman–Crippen LogP) is 5.15. The molecule has 1 aliphatic rings. The van der Waals surface area contributed by atoms with Crippen LogP contribution in [0.15, 0.2) is 33.9 Å². The smallest absolute Gasteiger partial charge is 0.277 e. The molecule has 0 spiro atoms. The van der Waals surface area contributed by atoms with Crippen molar-refractivity contribution in [1.82, 2.24) is 15.5 Å². The topological polar surface area (TPSA) is 68.0 Å². The number of carbonyl (C=O) groups excluding carboxylic acids is 1. The lowest BCUT2D eigenvalue weighted by Gasteiger charge is -2.22. The van der Waals surface area contributed by atoms with Crippen LogP contribution in [-0.2, 0) is 4.79 Å². The second-order valence-electron chi connectivity index (χ2n) is 6.31. The first-order chi connectivity index (χ1) is 12.7. The van der Waals surface area contributed by atoms with Gasteiger partial charge in [-0.15, -0.1) is 21.5 Å². The van der Waals surface area contributed by atoms with Crippen LogP contribution < -0.4 is 5.32 Å². The molecule has 0 saturated heterocycles. The number of halogens is 1. The lowest BCUT2D eigenvalue weighted by Crippen LogP contribution is -2.37. The molecule has 26 heavy (non-hydrogen) atoms. The highest BCUT2D eigenvalue weighted by Gasteiger charge is 2.19. The lowest BCUT2D eigenvalue weighted by molar-refractivity contribution is -0.119. The lowest BCUT2D eigenvalue weighted by atomic mass is 9.95. The molecule has 3 aromatic rings. The quantitative estimate of drug-likeness (QED) is 0.592. The van der Waals surface area contributed by atoms with Gasteiger partial charge in [-0.25, -0.2) is 0 Å². The summed E-state index contributed by atoms with van der Waals surface area (Å²) in [4.78, 5) is 12.9. The van der Waals surface area contributed by atoms with Crippen LogP contribution in [-0.4, -0.2) is 27.9 Å². The number of aromatic nitrogens is 2. The van der Waals surface area contributed by atoms with E-state index >= 15 is 0 Å². The summed E-state index contributed by atoms with van der Waals surface area (Å²) in [6, 6.07) is 8.22. The molecule has 8 heteroatoms. The van der Waals surface area contributed by atoms with E-state index < -0.39 is 0 Å². The number of amides is 1. The Labute approximate surface area is 164 Å². The number of rotatable bonds is 5. The van der Waals surface area contributed by atoms with Crippen molar-refractivity contribution >= 4 is 50.7 Å². The Bertz CT molecular complexity index is 918. The number of thioether (sulfide) groups is 1. The fourth-order valence-corrected chi connectivity index (χ4v) is 5.16. The Kier molecular flexibility index (Phi) is 5.47. The minimum Gasteiger partial charge on any atom is -0.410 e. The highest BCUT2D eigenvalue weighted by atomic mass is 35.5. The molecule has 1 N–H and O–H groups in total. The maximum absolute atomic E-state index is 12.1. The molecular weight excluding hydrogens is 390 g/mol. The van der Waals surface area contributed by atoms with Gasteiger partial charge in [0.1, 0.15) is 4.88 Å². The van der Waals surface area contributed by atoms with Crippen LogP contribution in [0.25, 0.3) is 20.9 Å². The van der Waals surface area contributed by atoms with E-state index in [9.17, 15) is 4.79 Å². The molecule has 1 saturated carbocycles. The maximum Gasteiger partial charge on any atom is 0.277 e. The SMILES string of the molecule is O=C(CSc1nnc(-c2sc3ccccc3c2Cl)o1)NC1CCCCC1. The maximum atomic E-state index is 12.1. The molecule has 0 aliphatic heterocycles. The standard InChI is InChI=1S/C18H18ClN3O2S2/c19-15-12-8-4-5-9-13(12)26-16(15)17-21-22-18(24-17)25-10-14(23)20-11-6-2-1-3-7-11/h4-5,8-9,11H,1-3,6-7,10H2,(H,20,23). The third-order valence-corrected chi connectivity index (χ3v) is 6.91. The average molecular weight is 408 g/mol. The van der Waals surface area contributed by atoms with Gasteiger partial charge in [-0.05, 0) is 18.9 Å². The van der Waals surface area contributed by atoms with E-state index in [1.807, 2.05) is 24.3 Å². The van der Waals surface area contributed by atoms with Gasteiger partial charge in [-0.1, -0.05) is 60.8 Å². The van der Waals surface area contributed by atoms with E-state index in [0.717, 1.165) is 27.8 Å². The monoisotopic (exact) mass is 407 g/mol. The van der Waals surface area contributed by atoms with E-state index in [4.69, 9.17) is 16.0 Å². The van der Waals surface area contributed by atoms with Crippen LogP contribution in [0, 0.1) is 0 Å². The van der Waals surface area contributed by atoms with Gasteiger partial charge in [0.2, 0.25) is 5.91 Å². The first-order valence-corrected chi connectivity index (χ1v) is 10.8. The Morgan fingerprint density at radius 2 is 2.08 bits per heavy atom. The van der Waals surface area contributed by atoms with Crippen molar-refractivity contribution in [2.24, 2.45) is 0 Å². The third kappa shape index (κ3) is 3.89. The number of benzene rings is 1. The van der Waals surface area contributed by atoms with Gasteiger partial charge in [0.05, 0.1) is 10.8 Å². The summed E-state index contributed by atoms with van der Waals surface area (Å²) < 4.78 is 6.78. The van der Waals surface area contributed by atoms with Crippen LogP contribution >= 0.6 is 34.7 Å². The molecule has 2 aromatic heterocycles. The number of nitrogens with zero attached hydrogens (tertiary/aromatic N) is 2. The van der Waals surface area contributed by atoms with Gasteiger partial charge < -0.3 is 9.73 Å². The van der Waals surface area contributed by atoms with Gasteiger partial charge in [-0.3, -0.25) is 4.79 Å². The van der Waals surface area contributed by atoms with E-state index in [-0.39, 0.29) is 11.7 Å². The fraction of sp³-hybridized carbons (Fsp3) is 0.389. The molecule has 0 unspecified atom stereocenters. The molecule has 1 fully saturated rings. The summed E-state index contributed by atoms with van der Waals surface area (Å²) in [5, 5.41) is 13.2. The molecule has 1 aromatic carbocycles. The number of fused-ring (bicyclic) bond motifs is 1. The van der Waals surface area contributed by atoms with Crippen molar-refractivity contribution in [1.29, 1.82) is 0 Å². The Hall–Kier alpha value is -1.57. The predicted molar refractivity (Wildman–Crippen MR) is 106 cm³/mol. The Morgan fingerprint density at radius 1 is 1.27 bits per heavy atom. The van der Waals surface area contributed by atoms with Gasteiger partial charge in [0, 0.05) is 16.1 Å².